The molecule has 0 atom stereocenters. The minimum atomic E-state index is -3.50. The van der Waals surface area contributed by atoms with Crippen LogP contribution >= 0.6 is 21.2 Å². The van der Waals surface area contributed by atoms with Crippen LogP contribution in [0.2, 0.25) is 0 Å². The zero-order valence-corrected chi connectivity index (χ0v) is 5.93. The number of rotatable bonds is 1. The summed E-state index contributed by atoms with van der Waals surface area (Å²) in [6, 6.07) is 0. The zero-order valence-electron chi connectivity index (χ0n) is 2.96. The topological polar surface area (TPSA) is 63.6 Å². The summed E-state index contributed by atoms with van der Waals surface area (Å²) in [4.78, 5) is 9.14. The molecule has 0 amide bonds. The Balaban J connectivity index is 4.44. The van der Waals surface area contributed by atoms with Crippen LogP contribution in [0.4, 0.5) is 0 Å². The Kier molecular flexibility index (Phi) is 2.41. The molecule has 0 saturated carbocycles. The molecule has 0 aromatic carbocycles. The maximum absolute atomic E-state index is 9.79. The van der Waals surface area contributed by atoms with E-state index in [1.54, 1.807) is 0 Å². The van der Waals surface area contributed by atoms with Gasteiger partial charge in [-0.05, 0) is 0 Å². The monoisotopic (exact) mass is 233 g/mol. The van der Waals surface area contributed by atoms with Gasteiger partial charge in [-0.15, -0.1) is 0 Å². The lowest BCUT2D eigenvalue weighted by molar-refractivity contribution is 0.565. The van der Waals surface area contributed by atoms with Gasteiger partial charge >= 0.3 is 7.19 Å². The Labute approximate surface area is 52.3 Å². The largest absolute Gasteiger partial charge is 0.316 e. The first kappa shape index (κ1) is 7.06. The summed E-state index contributed by atoms with van der Waals surface area (Å²) in [6.07, 6.45) is 0.887. The third kappa shape index (κ3) is 6.06. The van der Waals surface area contributed by atoms with Crippen LogP contribution in [-0.4, -0.2) is 14.5 Å². The van der Waals surface area contributed by atoms with Gasteiger partial charge in [-0.25, -0.2) is 4.79 Å². The molecule has 0 aliphatic heterocycles. The fraction of sp³-hybridized carbons (Fsp3) is 0. The van der Waals surface area contributed by atoms with Crippen LogP contribution in [0.3, 0.4) is 0 Å². The van der Waals surface area contributed by atoms with Crippen LogP contribution in [0, 0.1) is 0 Å². The Bertz CT molecular complexity index is 187. The van der Waals surface area contributed by atoms with Gasteiger partial charge in [-0.3, -0.25) is 0 Å². The quantitative estimate of drug-likeness (QED) is 0.277. The predicted octanol–water partition coefficient (Wildman–Crippen LogP) is 0.00200. The summed E-state index contributed by atoms with van der Waals surface area (Å²) in [5.41, 5.74) is 0. The van der Waals surface area contributed by atoms with Crippen LogP contribution in [0.25, 0.3) is 0 Å². The highest BCUT2D eigenvalue weighted by Crippen LogP contribution is 1.99. The highest BCUT2D eigenvalue weighted by Gasteiger charge is 1.94. The van der Waals surface area contributed by atoms with Gasteiger partial charge < -0.3 is 0 Å². The van der Waals surface area contributed by atoms with E-state index >= 15 is 0 Å². The molecule has 4 nitrogen and oxygen atoms in total. The zero-order chi connectivity index (χ0) is 5.91. The number of carbonyl (C=O) groups excluding carboxylic acids is 1. The van der Waals surface area contributed by atoms with E-state index in [1.165, 1.54) is 0 Å². The van der Waals surface area contributed by atoms with E-state index in [-0.39, 0.29) is 0 Å². The lowest BCUT2D eigenvalue weighted by Gasteiger charge is -1.68. The average molecular weight is 233 g/mol. The van der Waals surface area contributed by atoms with Gasteiger partial charge in [-0.1, -0.05) is 4.40 Å². The van der Waals surface area contributed by atoms with Crippen LogP contribution < -0.4 is 0 Å². The van der Waals surface area contributed by atoms with E-state index in [9.17, 15) is 8.42 Å². The normalized spacial score (nSPS) is 9.86. The van der Waals surface area contributed by atoms with Gasteiger partial charge in [0.25, 0.3) is 6.08 Å². The van der Waals surface area contributed by atoms with Gasteiger partial charge in [0.15, 0.2) is 0 Å². The summed E-state index contributed by atoms with van der Waals surface area (Å²) in [7, 11) is -3.50. The lowest BCUT2D eigenvalue weighted by atomic mass is 11.7. The first-order valence-corrected chi connectivity index (χ1v) is 5.08. The minimum Gasteiger partial charge on any atom is -0.210 e. The second-order valence-electron chi connectivity index (χ2n) is 0.595. The van der Waals surface area contributed by atoms with Gasteiger partial charge in [-0.2, -0.15) is 8.42 Å². The molecule has 0 heterocycles. The second-order valence-corrected chi connectivity index (χ2v) is 4.94. The third-order valence-corrected chi connectivity index (χ3v) is 1.03. The van der Waals surface area contributed by atoms with Gasteiger partial charge in [0.05, 0.1) is 21.2 Å². The molecule has 40 valence electrons. The summed E-state index contributed by atoms with van der Waals surface area (Å²) in [5, 5.41) is 0. The number of halogens is 1. The average Bonchev–Trinajstić information content (AvgIpc) is 1.30. The molecule has 0 unspecified atom stereocenters. The molecule has 7 heavy (non-hydrogen) atoms. The molecular formula is CINO3S. The number of hydrogen-bond donors (Lipinski definition) is 0. The van der Waals surface area contributed by atoms with E-state index in [0.717, 1.165) is 27.3 Å². The summed E-state index contributed by atoms with van der Waals surface area (Å²) in [5.74, 6) is 0. The number of nitrogens with zero attached hydrogens (tertiary/aromatic N) is 1. The van der Waals surface area contributed by atoms with Gasteiger partial charge in [0, 0.05) is 0 Å². The third-order valence-electron chi connectivity index (χ3n) is 0.146. The molecule has 0 N–H and O–H groups in total. The molecule has 0 aliphatic rings. The first-order valence-electron chi connectivity index (χ1n) is 1.10. The van der Waals surface area contributed by atoms with E-state index in [2.05, 4.69) is 4.40 Å². The summed E-state index contributed by atoms with van der Waals surface area (Å²) in [6.45, 7) is 0. The van der Waals surface area contributed by atoms with E-state index < -0.39 is 7.19 Å². The Morgan fingerprint density at radius 3 is 2.00 bits per heavy atom. The maximum Gasteiger partial charge on any atom is 0.316 e. The van der Waals surface area contributed by atoms with Crippen molar-refractivity contribution in [1.82, 2.24) is 0 Å². The SMILES string of the molecule is O=C=NS(=O)(=O)I. The molecule has 0 rings (SSSR count). The van der Waals surface area contributed by atoms with Gasteiger partial charge in [0.1, 0.15) is 0 Å². The fourth-order valence-corrected chi connectivity index (χ4v) is 0.375. The predicted molar refractivity (Wildman–Crippen MR) is 31.1 cm³/mol. The summed E-state index contributed by atoms with van der Waals surface area (Å²) >= 11 is 1.02. The number of isocyanates is 1. The van der Waals surface area contributed by atoms with Crippen LogP contribution in [-0.2, 0) is 12.0 Å². The molecule has 0 fully saturated rings. The smallest absolute Gasteiger partial charge is 0.210 e. The van der Waals surface area contributed by atoms with Crippen molar-refractivity contribution in [3.63, 3.8) is 0 Å². The maximum atomic E-state index is 9.79. The Morgan fingerprint density at radius 1 is 1.57 bits per heavy atom. The molecule has 6 heteroatoms. The van der Waals surface area contributed by atoms with Crippen molar-refractivity contribution in [3.8, 4) is 0 Å². The van der Waals surface area contributed by atoms with Crippen molar-refractivity contribution in [3.05, 3.63) is 0 Å². The van der Waals surface area contributed by atoms with Crippen molar-refractivity contribution in [1.29, 1.82) is 0 Å². The van der Waals surface area contributed by atoms with Crippen molar-refractivity contribution in [2.75, 3.05) is 0 Å². The van der Waals surface area contributed by atoms with Crippen LogP contribution in [0.15, 0.2) is 4.40 Å². The molecule has 0 aromatic rings. The van der Waals surface area contributed by atoms with E-state index in [1.807, 2.05) is 0 Å². The molecule has 0 saturated heterocycles. The highest BCUT2D eigenvalue weighted by atomic mass is 127. The Hall–Kier alpha value is 0.0600. The van der Waals surface area contributed by atoms with Crippen molar-refractivity contribution >= 4 is 34.5 Å². The fourth-order valence-electron chi connectivity index (χ4n) is 0.0445. The molecule has 0 aliphatic carbocycles. The number of hydrogen-bond acceptors (Lipinski definition) is 3. The highest BCUT2D eigenvalue weighted by molar-refractivity contribution is 14.2. The van der Waals surface area contributed by atoms with Crippen molar-refractivity contribution < 1.29 is 13.2 Å². The van der Waals surface area contributed by atoms with Crippen LogP contribution in [0.5, 0.6) is 0 Å². The summed E-state index contributed by atoms with van der Waals surface area (Å²) < 4.78 is 22.0. The lowest BCUT2D eigenvalue weighted by Crippen LogP contribution is -1.75. The van der Waals surface area contributed by atoms with Crippen molar-refractivity contribution in [2.45, 2.75) is 0 Å². The van der Waals surface area contributed by atoms with Gasteiger partial charge in [0.2, 0.25) is 0 Å². The molecule has 0 radical (unpaired) electrons. The van der Waals surface area contributed by atoms with E-state index in [0.29, 0.717) is 0 Å². The van der Waals surface area contributed by atoms with E-state index in [4.69, 9.17) is 4.79 Å². The standard InChI is InChI=1S/CINO3S/c2-7(5,6)3-1-4. The molecule has 0 bridgehead atoms. The Morgan fingerprint density at radius 2 is 2.00 bits per heavy atom. The van der Waals surface area contributed by atoms with Crippen molar-refractivity contribution in [2.24, 2.45) is 4.40 Å². The molecule has 0 spiro atoms. The molecular weight excluding hydrogens is 233 g/mol. The van der Waals surface area contributed by atoms with Crippen LogP contribution in [0.1, 0.15) is 0 Å². The first-order chi connectivity index (χ1) is 3.06. The second kappa shape index (κ2) is 2.39. The minimum absolute atomic E-state index is 0.887. The molecule has 0 aromatic heterocycles.